The molecule has 0 aromatic carbocycles. The van der Waals surface area contributed by atoms with E-state index in [4.69, 9.17) is 16.7 Å². The normalized spacial score (nSPS) is 12.4. The molecule has 0 radical (unpaired) electrons. The second-order valence-corrected chi connectivity index (χ2v) is 4.75. The van der Waals surface area contributed by atoms with Crippen LogP contribution in [0.25, 0.3) is 0 Å². The number of halogens is 1. The van der Waals surface area contributed by atoms with Crippen LogP contribution in [0.2, 0.25) is 5.02 Å². The summed E-state index contributed by atoms with van der Waals surface area (Å²) in [5.74, 6) is -1.12. The molecule has 1 aromatic rings. The van der Waals surface area contributed by atoms with Gasteiger partial charge in [0.1, 0.15) is 0 Å². The highest BCUT2D eigenvalue weighted by Gasteiger charge is 2.17. The molecule has 0 spiro atoms. The number of carbonyl (C=O) groups excluding carboxylic acids is 1. The maximum Gasteiger partial charge on any atom is 0.303 e. The van der Waals surface area contributed by atoms with Crippen molar-refractivity contribution in [2.24, 2.45) is 5.92 Å². The van der Waals surface area contributed by atoms with Gasteiger partial charge in [0.15, 0.2) is 5.78 Å². The molecule has 1 atom stereocenters. The van der Waals surface area contributed by atoms with Crippen LogP contribution in [0.1, 0.15) is 29.4 Å². The number of carboxylic acids is 1. The average Bonchev–Trinajstić information content (AvgIpc) is 2.49. The SMILES string of the molecule is CC(CC(=O)O)CC(=O)c1sccc1Cl. The summed E-state index contributed by atoms with van der Waals surface area (Å²) in [4.78, 5) is 22.6. The van der Waals surface area contributed by atoms with Crippen molar-refractivity contribution >= 4 is 34.7 Å². The Bertz CT molecular complexity index is 372. The zero-order valence-electron chi connectivity index (χ0n) is 8.20. The van der Waals surface area contributed by atoms with Gasteiger partial charge in [0.25, 0.3) is 0 Å². The van der Waals surface area contributed by atoms with Crippen molar-refractivity contribution in [3.05, 3.63) is 21.3 Å². The van der Waals surface area contributed by atoms with E-state index in [9.17, 15) is 9.59 Å². The molecule has 1 unspecified atom stereocenters. The monoisotopic (exact) mass is 246 g/mol. The van der Waals surface area contributed by atoms with Gasteiger partial charge in [-0.2, -0.15) is 0 Å². The summed E-state index contributed by atoms with van der Waals surface area (Å²) >= 11 is 7.09. The number of carboxylic acid groups (broad SMARTS) is 1. The van der Waals surface area contributed by atoms with E-state index in [0.29, 0.717) is 9.90 Å². The lowest BCUT2D eigenvalue weighted by Gasteiger charge is -2.06. The van der Waals surface area contributed by atoms with Crippen LogP contribution in [0.3, 0.4) is 0 Å². The summed E-state index contributed by atoms with van der Waals surface area (Å²) in [5, 5.41) is 10.7. The summed E-state index contributed by atoms with van der Waals surface area (Å²) in [5.41, 5.74) is 0. The molecule has 0 bridgehead atoms. The van der Waals surface area contributed by atoms with Gasteiger partial charge in [0.2, 0.25) is 0 Å². The third kappa shape index (κ3) is 3.64. The van der Waals surface area contributed by atoms with E-state index in [0.717, 1.165) is 0 Å². The van der Waals surface area contributed by atoms with Gasteiger partial charge in [0, 0.05) is 12.8 Å². The first-order valence-electron chi connectivity index (χ1n) is 4.48. The first-order valence-corrected chi connectivity index (χ1v) is 5.74. The Balaban J connectivity index is 2.56. The van der Waals surface area contributed by atoms with E-state index < -0.39 is 5.97 Å². The Labute approximate surface area is 96.7 Å². The van der Waals surface area contributed by atoms with Gasteiger partial charge < -0.3 is 5.11 Å². The molecular weight excluding hydrogens is 236 g/mol. The summed E-state index contributed by atoms with van der Waals surface area (Å²) in [7, 11) is 0. The molecule has 0 amide bonds. The maximum atomic E-state index is 11.7. The highest BCUT2D eigenvalue weighted by atomic mass is 35.5. The molecule has 0 aliphatic rings. The Morgan fingerprint density at radius 2 is 2.20 bits per heavy atom. The van der Waals surface area contributed by atoms with Crippen LogP contribution in [0, 0.1) is 5.92 Å². The second-order valence-electron chi connectivity index (χ2n) is 3.43. The van der Waals surface area contributed by atoms with Crippen molar-refractivity contribution in [3.8, 4) is 0 Å². The predicted octanol–water partition coefficient (Wildman–Crippen LogP) is 3.09. The van der Waals surface area contributed by atoms with Crippen molar-refractivity contribution in [2.45, 2.75) is 19.8 Å². The fraction of sp³-hybridized carbons (Fsp3) is 0.400. The fourth-order valence-electron chi connectivity index (χ4n) is 1.27. The van der Waals surface area contributed by atoms with Gasteiger partial charge in [-0.3, -0.25) is 9.59 Å². The minimum absolute atomic E-state index is 0.00866. The van der Waals surface area contributed by atoms with E-state index in [1.807, 2.05) is 0 Å². The van der Waals surface area contributed by atoms with Crippen LogP contribution >= 0.6 is 22.9 Å². The number of aliphatic carboxylic acids is 1. The van der Waals surface area contributed by atoms with Gasteiger partial charge in [-0.05, 0) is 17.4 Å². The van der Waals surface area contributed by atoms with E-state index >= 15 is 0 Å². The number of thiophene rings is 1. The molecule has 1 heterocycles. The van der Waals surface area contributed by atoms with Crippen molar-refractivity contribution in [1.82, 2.24) is 0 Å². The van der Waals surface area contributed by atoms with Crippen LogP contribution in [-0.2, 0) is 4.79 Å². The number of rotatable bonds is 5. The molecule has 0 aliphatic heterocycles. The third-order valence-electron chi connectivity index (χ3n) is 1.93. The highest BCUT2D eigenvalue weighted by molar-refractivity contribution is 7.12. The minimum atomic E-state index is -0.882. The van der Waals surface area contributed by atoms with Crippen LogP contribution in [0.5, 0.6) is 0 Å². The molecule has 1 aromatic heterocycles. The number of hydrogen-bond acceptors (Lipinski definition) is 3. The molecule has 0 saturated heterocycles. The molecule has 0 aliphatic carbocycles. The lowest BCUT2D eigenvalue weighted by atomic mass is 10.0. The molecule has 3 nitrogen and oxygen atoms in total. The molecule has 0 saturated carbocycles. The van der Waals surface area contributed by atoms with E-state index in [2.05, 4.69) is 0 Å². The summed E-state index contributed by atoms with van der Waals surface area (Å²) < 4.78 is 0. The summed E-state index contributed by atoms with van der Waals surface area (Å²) in [6, 6.07) is 1.67. The van der Waals surface area contributed by atoms with Crippen LogP contribution < -0.4 is 0 Å². The van der Waals surface area contributed by atoms with E-state index in [1.54, 1.807) is 18.4 Å². The quantitative estimate of drug-likeness (QED) is 0.813. The highest BCUT2D eigenvalue weighted by Crippen LogP contribution is 2.25. The zero-order chi connectivity index (χ0) is 11.4. The average molecular weight is 247 g/mol. The largest absolute Gasteiger partial charge is 0.481 e. The molecule has 82 valence electrons. The lowest BCUT2D eigenvalue weighted by Crippen LogP contribution is -2.09. The first kappa shape index (κ1) is 12.2. The smallest absolute Gasteiger partial charge is 0.303 e. The maximum absolute atomic E-state index is 11.7. The Morgan fingerprint density at radius 3 is 2.67 bits per heavy atom. The topological polar surface area (TPSA) is 54.4 Å². The number of hydrogen-bond donors (Lipinski definition) is 1. The second kappa shape index (κ2) is 5.28. The van der Waals surface area contributed by atoms with Gasteiger partial charge in [0.05, 0.1) is 9.90 Å². The third-order valence-corrected chi connectivity index (χ3v) is 3.31. The van der Waals surface area contributed by atoms with E-state index in [1.165, 1.54) is 11.3 Å². The van der Waals surface area contributed by atoms with Crippen molar-refractivity contribution in [3.63, 3.8) is 0 Å². The Kier molecular flexibility index (Phi) is 4.29. The number of carbonyl (C=O) groups is 2. The summed E-state index contributed by atoms with van der Waals surface area (Å²) in [6.07, 6.45) is 0.237. The Hall–Kier alpha value is -0.870. The molecule has 1 N–H and O–H groups in total. The van der Waals surface area contributed by atoms with Crippen molar-refractivity contribution < 1.29 is 14.7 Å². The van der Waals surface area contributed by atoms with Crippen LogP contribution in [0.15, 0.2) is 11.4 Å². The molecular formula is C10H11ClO3S. The summed E-state index contributed by atoms with van der Waals surface area (Å²) in [6.45, 7) is 1.74. The number of ketones is 1. The fourth-order valence-corrected chi connectivity index (χ4v) is 2.38. The van der Waals surface area contributed by atoms with Gasteiger partial charge >= 0.3 is 5.97 Å². The standard InChI is InChI=1S/C10H11ClO3S/c1-6(5-9(13)14)4-8(12)10-7(11)2-3-15-10/h2-3,6H,4-5H2,1H3,(H,13,14). The number of Topliss-reactive ketones (excluding diaryl/α,β-unsaturated/α-hetero) is 1. The van der Waals surface area contributed by atoms with E-state index in [-0.39, 0.29) is 24.5 Å². The molecule has 5 heteroatoms. The lowest BCUT2D eigenvalue weighted by molar-refractivity contribution is -0.137. The predicted molar refractivity (Wildman–Crippen MR) is 59.7 cm³/mol. The zero-order valence-corrected chi connectivity index (χ0v) is 9.77. The molecule has 15 heavy (non-hydrogen) atoms. The van der Waals surface area contributed by atoms with Gasteiger partial charge in [-0.1, -0.05) is 18.5 Å². The Morgan fingerprint density at radius 1 is 1.53 bits per heavy atom. The van der Waals surface area contributed by atoms with Crippen molar-refractivity contribution in [1.29, 1.82) is 0 Å². The van der Waals surface area contributed by atoms with Crippen LogP contribution in [0.4, 0.5) is 0 Å². The van der Waals surface area contributed by atoms with Crippen molar-refractivity contribution in [2.75, 3.05) is 0 Å². The first-order chi connectivity index (χ1) is 7.00. The van der Waals surface area contributed by atoms with Gasteiger partial charge in [-0.25, -0.2) is 0 Å². The molecule has 1 rings (SSSR count). The molecule has 0 fully saturated rings. The minimum Gasteiger partial charge on any atom is -0.481 e. The van der Waals surface area contributed by atoms with Crippen LogP contribution in [-0.4, -0.2) is 16.9 Å². The van der Waals surface area contributed by atoms with Gasteiger partial charge in [-0.15, -0.1) is 11.3 Å².